The van der Waals surface area contributed by atoms with Crippen LogP contribution in [-0.4, -0.2) is 52.9 Å². The van der Waals surface area contributed by atoms with Gasteiger partial charge in [-0.2, -0.15) is 5.10 Å². The van der Waals surface area contributed by atoms with Gasteiger partial charge in [-0.1, -0.05) is 48.0 Å². The molecule has 1 N–H and O–H groups in total. The highest BCUT2D eigenvalue weighted by molar-refractivity contribution is 5.92. The lowest BCUT2D eigenvalue weighted by atomic mass is 10.1. The average molecular weight is 390 g/mol. The molecule has 1 amide bonds. The second-order valence-electron chi connectivity index (χ2n) is 7.49. The van der Waals surface area contributed by atoms with Crippen LogP contribution in [0.1, 0.15) is 12.5 Å². The first-order valence-corrected chi connectivity index (χ1v) is 9.95. The Kier molecular flexibility index (Phi) is 5.74. The molecule has 6 nitrogen and oxygen atoms in total. The van der Waals surface area contributed by atoms with E-state index < -0.39 is 0 Å². The van der Waals surface area contributed by atoms with Crippen molar-refractivity contribution in [3.8, 4) is 16.9 Å². The minimum Gasteiger partial charge on any atom is -0.376 e. The van der Waals surface area contributed by atoms with Gasteiger partial charge in [-0.25, -0.2) is 4.68 Å². The molecule has 1 saturated heterocycles. The number of rotatable bonds is 5. The Labute approximate surface area is 171 Å². The summed E-state index contributed by atoms with van der Waals surface area (Å²) >= 11 is 0. The lowest BCUT2D eigenvalue weighted by Crippen LogP contribution is -2.44. The second-order valence-corrected chi connectivity index (χ2v) is 7.49. The molecule has 1 aromatic heterocycles. The molecule has 2 aromatic carbocycles. The van der Waals surface area contributed by atoms with E-state index in [4.69, 9.17) is 9.84 Å². The average Bonchev–Trinajstić information content (AvgIpc) is 3.12. The number of para-hydroxylation sites is 1. The van der Waals surface area contributed by atoms with Crippen molar-refractivity contribution < 1.29 is 9.53 Å². The quantitative estimate of drug-likeness (QED) is 0.724. The number of morpholine rings is 1. The number of ether oxygens (including phenoxy) is 1. The Bertz CT molecular complexity index is 966. The maximum atomic E-state index is 12.7. The molecule has 1 aliphatic heterocycles. The van der Waals surface area contributed by atoms with Crippen LogP contribution in [0.25, 0.3) is 16.9 Å². The van der Waals surface area contributed by atoms with Crippen molar-refractivity contribution in [2.45, 2.75) is 20.0 Å². The van der Waals surface area contributed by atoms with E-state index in [0.29, 0.717) is 19.0 Å². The molecule has 2 heterocycles. The van der Waals surface area contributed by atoms with E-state index in [-0.39, 0.29) is 12.0 Å². The van der Waals surface area contributed by atoms with E-state index in [0.717, 1.165) is 30.0 Å². The topological polar surface area (TPSA) is 59.4 Å². The molecule has 0 spiro atoms. The predicted octanol–water partition coefficient (Wildman–Crippen LogP) is 3.51. The van der Waals surface area contributed by atoms with Gasteiger partial charge in [0.05, 0.1) is 30.6 Å². The molecular weight excluding hydrogens is 364 g/mol. The van der Waals surface area contributed by atoms with Crippen LogP contribution in [0.5, 0.6) is 0 Å². The summed E-state index contributed by atoms with van der Waals surface area (Å²) in [5.41, 5.74) is 3.94. The fraction of sp³-hybridized carbons (Fsp3) is 0.304. The highest BCUT2D eigenvalue weighted by atomic mass is 16.5. The van der Waals surface area contributed by atoms with Gasteiger partial charge in [0.15, 0.2) is 0 Å². The largest absolute Gasteiger partial charge is 0.376 e. The van der Waals surface area contributed by atoms with Gasteiger partial charge < -0.3 is 10.1 Å². The maximum absolute atomic E-state index is 12.7. The van der Waals surface area contributed by atoms with Gasteiger partial charge in [0.2, 0.25) is 5.91 Å². The Morgan fingerprint density at radius 1 is 1.17 bits per heavy atom. The Morgan fingerprint density at radius 2 is 1.93 bits per heavy atom. The fourth-order valence-electron chi connectivity index (χ4n) is 3.52. The van der Waals surface area contributed by atoms with Gasteiger partial charge in [0.1, 0.15) is 5.82 Å². The molecule has 0 radical (unpaired) electrons. The van der Waals surface area contributed by atoms with Crippen molar-refractivity contribution in [1.82, 2.24) is 14.7 Å². The zero-order valence-corrected chi connectivity index (χ0v) is 16.8. The van der Waals surface area contributed by atoms with Gasteiger partial charge in [0, 0.05) is 24.7 Å². The highest BCUT2D eigenvalue weighted by Crippen LogP contribution is 2.25. The number of aryl methyl sites for hydroxylation is 1. The van der Waals surface area contributed by atoms with Gasteiger partial charge in [-0.15, -0.1) is 0 Å². The number of benzene rings is 2. The van der Waals surface area contributed by atoms with Crippen molar-refractivity contribution in [3.63, 3.8) is 0 Å². The number of nitrogens with one attached hydrogen (secondary N) is 1. The van der Waals surface area contributed by atoms with Crippen LogP contribution in [0.3, 0.4) is 0 Å². The molecule has 0 bridgehead atoms. The zero-order valence-electron chi connectivity index (χ0n) is 16.8. The molecule has 150 valence electrons. The van der Waals surface area contributed by atoms with E-state index in [2.05, 4.69) is 29.3 Å². The lowest BCUT2D eigenvalue weighted by Gasteiger charge is -2.30. The van der Waals surface area contributed by atoms with Crippen LogP contribution in [0, 0.1) is 6.92 Å². The Balaban J connectivity index is 1.59. The maximum Gasteiger partial charge on any atom is 0.239 e. The zero-order chi connectivity index (χ0) is 20.2. The van der Waals surface area contributed by atoms with Crippen molar-refractivity contribution in [3.05, 3.63) is 66.2 Å². The molecule has 1 unspecified atom stereocenters. The normalized spacial score (nSPS) is 17.2. The second kappa shape index (κ2) is 8.59. The van der Waals surface area contributed by atoms with Crippen LogP contribution in [0.15, 0.2) is 60.7 Å². The molecule has 1 atom stereocenters. The number of hydrogen-bond donors (Lipinski definition) is 1. The van der Waals surface area contributed by atoms with E-state index in [1.807, 2.05) is 55.5 Å². The first kappa shape index (κ1) is 19.4. The number of hydrogen-bond acceptors (Lipinski definition) is 4. The van der Waals surface area contributed by atoms with E-state index in [1.165, 1.54) is 5.56 Å². The molecule has 0 saturated carbocycles. The highest BCUT2D eigenvalue weighted by Gasteiger charge is 2.20. The predicted molar refractivity (Wildman–Crippen MR) is 114 cm³/mol. The smallest absolute Gasteiger partial charge is 0.239 e. The monoisotopic (exact) mass is 390 g/mol. The number of carbonyl (C=O) groups excluding carboxylic acids is 1. The fourth-order valence-corrected chi connectivity index (χ4v) is 3.52. The Hall–Kier alpha value is -2.96. The number of carbonyl (C=O) groups is 1. The van der Waals surface area contributed by atoms with Crippen LogP contribution >= 0.6 is 0 Å². The summed E-state index contributed by atoms with van der Waals surface area (Å²) in [5.74, 6) is 0.615. The van der Waals surface area contributed by atoms with Crippen LogP contribution < -0.4 is 5.32 Å². The van der Waals surface area contributed by atoms with Crippen LogP contribution in [0.4, 0.5) is 5.82 Å². The molecule has 1 fully saturated rings. The summed E-state index contributed by atoms with van der Waals surface area (Å²) in [6, 6.07) is 20.0. The molecule has 29 heavy (non-hydrogen) atoms. The van der Waals surface area contributed by atoms with Crippen molar-refractivity contribution in [2.75, 3.05) is 31.6 Å². The van der Waals surface area contributed by atoms with E-state index in [1.54, 1.807) is 4.68 Å². The minimum atomic E-state index is -0.0494. The van der Waals surface area contributed by atoms with Crippen molar-refractivity contribution in [2.24, 2.45) is 0 Å². The summed E-state index contributed by atoms with van der Waals surface area (Å²) in [6.45, 7) is 6.62. The van der Waals surface area contributed by atoms with Gasteiger partial charge in [-0.3, -0.25) is 9.69 Å². The third-order valence-electron chi connectivity index (χ3n) is 5.02. The number of aromatic nitrogens is 2. The van der Waals surface area contributed by atoms with Crippen molar-refractivity contribution >= 4 is 11.7 Å². The molecule has 1 aliphatic rings. The third-order valence-corrected chi connectivity index (χ3v) is 5.02. The number of amides is 1. The van der Waals surface area contributed by atoms with Gasteiger partial charge in [-0.05, 0) is 26.0 Å². The van der Waals surface area contributed by atoms with Gasteiger partial charge in [0.25, 0.3) is 0 Å². The molecule has 3 aromatic rings. The standard InChI is InChI=1S/C23H26N4O2/c1-17-8-10-19(11-9-17)21-14-22(27(25-21)20-6-4-3-5-7-20)24-23(28)16-26-12-13-29-18(2)15-26/h3-11,14,18H,12-13,15-16H2,1-2H3,(H,24,28). The summed E-state index contributed by atoms with van der Waals surface area (Å²) in [4.78, 5) is 14.8. The molecule has 4 rings (SSSR count). The summed E-state index contributed by atoms with van der Waals surface area (Å²) in [6.07, 6.45) is 0.152. The lowest BCUT2D eigenvalue weighted by molar-refractivity contribution is -0.119. The molecule has 6 heteroatoms. The number of anilines is 1. The number of nitrogens with zero attached hydrogens (tertiary/aromatic N) is 3. The van der Waals surface area contributed by atoms with Crippen LogP contribution in [0.2, 0.25) is 0 Å². The van der Waals surface area contributed by atoms with Crippen molar-refractivity contribution in [1.29, 1.82) is 0 Å². The third kappa shape index (κ3) is 4.72. The SMILES string of the molecule is Cc1ccc(-c2cc(NC(=O)CN3CCOC(C)C3)n(-c3ccccc3)n2)cc1. The molecule has 0 aliphatic carbocycles. The van der Waals surface area contributed by atoms with E-state index in [9.17, 15) is 4.79 Å². The first-order chi connectivity index (χ1) is 14.1. The minimum absolute atomic E-state index is 0.0494. The summed E-state index contributed by atoms with van der Waals surface area (Å²) in [7, 11) is 0. The summed E-state index contributed by atoms with van der Waals surface area (Å²) < 4.78 is 7.34. The summed E-state index contributed by atoms with van der Waals surface area (Å²) in [5, 5.41) is 7.81. The Morgan fingerprint density at radius 3 is 2.66 bits per heavy atom. The first-order valence-electron chi connectivity index (χ1n) is 9.95. The van der Waals surface area contributed by atoms with E-state index >= 15 is 0 Å². The van der Waals surface area contributed by atoms with Crippen LogP contribution in [-0.2, 0) is 9.53 Å². The van der Waals surface area contributed by atoms with Gasteiger partial charge >= 0.3 is 0 Å². The molecular formula is C23H26N4O2.